The highest BCUT2D eigenvalue weighted by Crippen LogP contribution is 2.22. The number of nitrogens with zero attached hydrogens (tertiary/aromatic N) is 4. The van der Waals surface area contributed by atoms with E-state index in [-0.39, 0.29) is 5.91 Å². The van der Waals surface area contributed by atoms with Gasteiger partial charge in [-0.05, 0) is 50.2 Å². The van der Waals surface area contributed by atoms with Gasteiger partial charge in [-0.3, -0.25) is 9.78 Å². The number of nitrogens with one attached hydrogen (secondary N) is 1. The van der Waals surface area contributed by atoms with E-state index in [1.807, 2.05) is 24.4 Å². The van der Waals surface area contributed by atoms with E-state index >= 15 is 0 Å². The normalized spacial score (nSPS) is 18.0. The average molecular weight is 365 g/mol. The van der Waals surface area contributed by atoms with Crippen LogP contribution in [0.4, 0.5) is 17.1 Å². The molecule has 2 saturated heterocycles. The van der Waals surface area contributed by atoms with Crippen molar-refractivity contribution in [2.24, 2.45) is 0 Å². The number of benzene rings is 1. The summed E-state index contributed by atoms with van der Waals surface area (Å²) in [5, 5.41) is 2.99. The largest absolute Gasteiger partial charge is 0.370 e. The first kappa shape index (κ1) is 17.8. The Morgan fingerprint density at radius 1 is 0.889 bits per heavy atom. The SMILES string of the molecule is CN1CCN(c2ccc(NC(=O)c3cncc(N4CCCC4)c3)cc2)CC1. The van der Waals surface area contributed by atoms with Gasteiger partial charge in [-0.25, -0.2) is 0 Å². The monoisotopic (exact) mass is 365 g/mol. The van der Waals surface area contributed by atoms with Gasteiger partial charge in [0.15, 0.2) is 0 Å². The second-order valence-electron chi connectivity index (χ2n) is 7.42. The van der Waals surface area contributed by atoms with Gasteiger partial charge < -0.3 is 20.0 Å². The first-order valence-electron chi connectivity index (χ1n) is 9.74. The summed E-state index contributed by atoms with van der Waals surface area (Å²) in [5.41, 5.74) is 3.65. The lowest BCUT2D eigenvalue weighted by Crippen LogP contribution is -2.44. The van der Waals surface area contributed by atoms with Crippen LogP contribution in [0.5, 0.6) is 0 Å². The second kappa shape index (κ2) is 7.96. The number of likely N-dealkylation sites (N-methyl/N-ethyl adjacent to an activating group) is 1. The van der Waals surface area contributed by atoms with Crippen LogP contribution in [0.2, 0.25) is 0 Å². The Labute approximate surface area is 160 Å². The Balaban J connectivity index is 1.40. The van der Waals surface area contributed by atoms with E-state index in [0.29, 0.717) is 5.56 Å². The third kappa shape index (κ3) is 4.22. The van der Waals surface area contributed by atoms with Crippen molar-refractivity contribution in [1.29, 1.82) is 0 Å². The molecule has 4 rings (SSSR count). The van der Waals surface area contributed by atoms with Gasteiger partial charge in [-0.15, -0.1) is 0 Å². The molecule has 2 aliphatic heterocycles. The molecule has 0 saturated carbocycles. The molecule has 27 heavy (non-hydrogen) atoms. The summed E-state index contributed by atoms with van der Waals surface area (Å²) in [6.45, 7) is 6.33. The van der Waals surface area contributed by atoms with Crippen molar-refractivity contribution in [2.75, 3.05) is 61.4 Å². The van der Waals surface area contributed by atoms with E-state index in [4.69, 9.17) is 0 Å². The third-order valence-corrected chi connectivity index (χ3v) is 5.45. The van der Waals surface area contributed by atoms with Gasteiger partial charge in [0.25, 0.3) is 5.91 Å². The summed E-state index contributed by atoms with van der Waals surface area (Å²) in [6.07, 6.45) is 5.88. The zero-order chi connectivity index (χ0) is 18.6. The number of anilines is 3. The first-order valence-corrected chi connectivity index (χ1v) is 9.74. The summed E-state index contributed by atoms with van der Waals surface area (Å²) in [6, 6.07) is 10.1. The molecule has 0 radical (unpaired) electrons. The number of carbonyl (C=O) groups excluding carboxylic acids is 1. The number of hydrogen-bond donors (Lipinski definition) is 1. The lowest BCUT2D eigenvalue weighted by Gasteiger charge is -2.34. The molecule has 1 N–H and O–H groups in total. The minimum absolute atomic E-state index is 0.115. The van der Waals surface area contributed by atoms with E-state index in [2.05, 4.69) is 44.2 Å². The highest BCUT2D eigenvalue weighted by Gasteiger charge is 2.16. The van der Waals surface area contributed by atoms with Crippen LogP contribution in [0, 0.1) is 0 Å². The number of pyridine rings is 1. The van der Waals surface area contributed by atoms with Crippen molar-refractivity contribution in [2.45, 2.75) is 12.8 Å². The second-order valence-corrected chi connectivity index (χ2v) is 7.42. The molecule has 6 heteroatoms. The Hall–Kier alpha value is -2.60. The lowest BCUT2D eigenvalue weighted by atomic mass is 10.2. The molecule has 0 unspecified atom stereocenters. The molecule has 1 aromatic carbocycles. The summed E-state index contributed by atoms with van der Waals surface area (Å²) < 4.78 is 0. The average Bonchev–Trinajstić information content (AvgIpc) is 3.24. The minimum atomic E-state index is -0.115. The molecule has 2 fully saturated rings. The zero-order valence-corrected chi connectivity index (χ0v) is 15.9. The number of amides is 1. The standard InChI is InChI=1S/C21H27N5O/c1-24-10-12-26(13-11-24)19-6-4-18(5-7-19)23-21(27)17-14-20(16-22-15-17)25-8-2-3-9-25/h4-7,14-16H,2-3,8-13H2,1H3,(H,23,27). The van der Waals surface area contributed by atoms with Crippen molar-refractivity contribution in [3.63, 3.8) is 0 Å². The number of hydrogen-bond acceptors (Lipinski definition) is 5. The van der Waals surface area contributed by atoms with Gasteiger partial charge in [0, 0.05) is 56.8 Å². The molecule has 2 aliphatic rings. The molecule has 1 aromatic heterocycles. The smallest absolute Gasteiger partial charge is 0.257 e. The molecule has 0 bridgehead atoms. The summed E-state index contributed by atoms with van der Waals surface area (Å²) in [4.78, 5) is 23.9. The van der Waals surface area contributed by atoms with E-state index < -0.39 is 0 Å². The molecule has 0 spiro atoms. The Morgan fingerprint density at radius 3 is 2.26 bits per heavy atom. The van der Waals surface area contributed by atoms with Crippen LogP contribution < -0.4 is 15.1 Å². The molecular weight excluding hydrogens is 338 g/mol. The van der Waals surface area contributed by atoms with Gasteiger partial charge in [0.2, 0.25) is 0 Å². The quantitative estimate of drug-likeness (QED) is 0.903. The summed E-state index contributed by atoms with van der Waals surface area (Å²) >= 11 is 0. The van der Waals surface area contributed by atoms with Crippen molar-refractivity contribution >= 4 is 23.0 Å². The highest BCUT2D eigenvalue weighted by atomic mass is 16.1. The Bertz CT molecular complexity index is 777. The van der Waals surface area contributed by atoms with E-state index in [0.717, 1.165) is 50.6 Å². The van der Waals surface area contributed by atoms with Crippen molar-refractivity contribution in [3.05, 3.63) is 48.3 Å². The molecule has 1 amide bonds. The Morgan fingerprint density at radius 2 is 1.56 bits per heavy atom. The maximum absolute atomic E-state index is 12.6. The molecule has 0 aliphatic carbocycles. The fourth-order valence-corrected chi connectivity index (χ4v) is 3.72. The first-order chi connectivity index (χ1) is 13.2. The van der Waals surface area contributed by atoms with Crippen LogP contribution >= 0.6 is 0 Å². The molecule has 142 valence electrons. The van der Waals surface area contributed by atoms with Crippen molar-refractivity contribution < 1.29 is 4.79 Å². The summed E-state index contributed by atoms with van der Waals surface area (Å²) in [5.74, 6) is -0.115. The number of rotatable bonds is 4. The highest BCUT2D eigenvalue weighted by molar-refractivity contribution is 6.04. The van der Waals surface area contributed by atoms with Gasteiger partial charge >= 0.3 is 0 Å². The zero-order valence-electron chi connectivity index (χ0n) is 15.9. The number of piperazine rings is 1. The summed E-state index contributed by atoms with van der Waals surface area (Å²) in [7, 11) is 2.16. The van der Waals surface area contributed by atoms with Crippen molar-refractivity contribution in [3.8, 4) is 0 Å². The maximum Gasteiger partial charge on any atom is 0.257 e. The van der Waals surface area contributed by atoms with Crippen molar-refractivity contribution in [1.82, 2.24) is 9.88 Å². The predicted octanol–water partition coefficient (Wildman–Crippen LogP) is 2.69. The molecule has 2 aromatic rings. The minimum Gasteiger partial charge on any atom is -0.370 e. The van der Waals surface area contributed by atoms with Gasteiger partial charge in [0.05, 0.1) is 17.4 Å². The topological polar surface area (TPSA) is 51.7 Å². The van der Waals surface area contributed by atoms with Gasteiger partial charge in [-0.1, -0.05) is 0 Å². The van der Waals surface area contributed by atoms with Crippen LogP contribution in [-0.4, -0.2) is 62.1 Å². The fourth-order valence-electron chi connectivity index (χ4n) is 3.72. The van der Waals surface area contributed by atoms with Crippen LogP contribution in [-0.2, 0) is 0 Å². The van der Waals surface area contributed by atoms with Gasteiger partial charge in [0.1, 0.15) is 0 Å². The predicted molar refractivity (Wildman–Crippen MR) is 110 cm³/mol. The molecule has 0 atom stereocenters. The van der Waals surface area contributed by atoms with Crippen LogP contribution in [0.1, 0.15) is 23.2 Å². The van der Waals surface area contributed by atoms with Gasteiger partial charge in [-0.2, -0.15) is 0 Å². The maximum atomic E-state index is 12.6. The third-order valence-electron chi connectivity index (χ3n) is 5.45. The fraction of sp³-hybridized carbons (Fsp3) is 0.429. The number of aromatic nitrogens is 1. The lowest BCUT2D eigenvalue weighted by molar-refractivity contribution is 0.102. The Kier molecular flexibility index (Phi) is 5.25. The van der Waals surface area contributed by atoms with Crippen LogP contribution in [0.25, 0.3) is 0 Å². The number of carbonyl (C=O) groups is 1. The van der Waals surface area contributed by atoms with E-state index in [9.17, 15) is 4.79 Å². The van der Waals surface area contributed by atoms with E-state index in [1.54, 1.807) is 6.20 Å². The van der Waals surface area contributed by atoms with E-state index in [1.165, 1.54) is 18.5 Å². The molecule has 6 nitrogen and oxygen atoms in total. The van der Waals surface area contributed by atoms with Crippen LogP contribution in [0.3, 0.4) is 0 Å². The molecular formula is C21H27N5O. The molecule has 3 heterocycles. The van der Waals surface area contributed by atoms with Crippen LogP contribution in [0.15, 0.2) is 42.7 Å².